The predicted molar refractivity (Wildman–Crippen MR) is 114 cm³/mol. The molecule has 5 nitrogen and oxygen atoms in total. The minimum atomic E-state index is 0.0124. The van der Waals surface area contributed by atoms with Gasteiger partial charge in [0.25, 0.3) is 0 Å². The van der Waals surface area contributed by atoms with Gasteiger partial charge in [-0.2, -0.15) is 0 Å². The topological polar surface area (TPSA) is 62.3 Å². The number of likely N-dealkylation sites (tertiary alicyclic amines) is 1. The molecule has 1 aromatic heterocycles. The van der Waals surface area contributed by atoms with Gasteiger partial charge < -0.3 is 10.2 Å². The summed E-state index contributed by atoms with van der Waals surface area (Å²) in [5.41, 5.74) is 1.94. The van der Waals surface area contributed by atoms with E-state index in [9.17, 15) is 9.59 Å². The van der Waals surface area contributed by atoms with Crippen molar-refractivity contribution in [3.05, 3.63) is 35.7 Å². The molecule has 28 heavy (non-hydrogen) atoms. The Balaban J connectivity index is 1.28. The molecule has 0 bridgehead atoms. The third kappa shape index (κ3) is 6.44. The molecule has 1 aliphatic heterocycles. The van der Waals surface area contributed by atoms with Crippen LogP contribution in [-0.2, 0) is 9.59 Å². The Hall–Kier alpha value is -2.21. The van der Waals surface area contributed by atoms with E-state index >= 15 is 0 Å². The summed E-state index contributed by atoms with van der Waals surface area (Å²) in [6.07, 6.45) is 8.44. The first-order chi connectivity index (χ1) is 13.7. The van der Waals surface area contributed by atoms with Crippen LogP contribution in [0.25, 0.3) is 11.3 Å². The number of amides is 2. The molecule has 1 N–H and O–H groups in total. The van der Waals surface area contributed by atoms with Crippen LogP contribution in [0.1, 0.15) is 57.8 Å². The summed E-state index contributed by atoms with van der Waals surface area (Å²) in [5, 5.41) is 5.50. The quantitative estimate of drug-likeness (QED) is 0.597. The smallest absolute Gasteiger partial charge is 0.226 e. The normalized spacial score (nSPS) is 14.1. The number of carbonyl (C=O) groups is 2. The van der Waals surface area contributed by atoms with Crippen molar-refractivity contribution < 1.29 is 9.59 Å². The van der Waals surface area contributed by atoms with Crippen molar-refractivity contribution in [2.45, 2.75) is 57.8 Å². The van der Waals surface area contributed by atoms with Crippen LogP contribution < -0.4 is 5.32 Å². The molecule has 0 saturated carbocycles. The molecule has 0 atom stereocenters. The van der Waals surface area contributed by atoms with E-state index in [0.29, 0.717) is 23.9 Å². The van der Waals surface area contributed by atoms with E-state index in [1.165, 1.54) is 17.8 Å². The summed E-state index contributed by atoms with van der Waals surface area (Å²) in [7, 11) is 0. The van der Waals surface area contributed by atoms with Crippen molar-refractivity contribution in [1.82, 2.24) is 9.88 Å². The molecular weight excluding hydrogens is 370 g/mol. The van der Waals surface area contributed by atoms with Crippen molar-refractivity contribution in [1.29, 1.82) is 0 Å². The molecule has 1 fully saturated rings. The summed E-state index contributed by atoms with van der Waals surface area (Å²) in [6, 6.07) is 9.95. The van der Waals surface area contributed by atoms with E-state index in [1.54, 1.807) is 0 Å². The fraction of sp³-hybridized carbons (Fsp3) is 0.500. The highest BCUT2D eigenvalue weighted by Gasteiger charge is 2.15. The first-order valence-electron chi connectivity index (χ1n) is 10.3. The van der Waals surface area contributed by atoms with E-state index in [-0.39, 0.29) is 5.91 Å². The van der Waals surface area contributed by atoms with Gasteiger partial charge in [0.1, 0.15) is 0 Å². The van der Waals surface area contributed by atoms with Crippen molar-refractivity contribution in [2.75, 3.05) is 18.4 Å². The monoisotopic (exact) mass is 399 g/mol. The van der Waals surface area contributed by atoms with Crippen molar-refractivity contribution in [3.8, 4) is 11.3 Å². The fourth-order valence-corrected chi connectivity index (χ4v) is 4.21. The number of rotatable bonds is 9. The Labute approximate surface area is 171 Å². The zero-order chi connectivity index (χ0) is 19.6. The number of thiazole rings is 1. The van der Waals surface area contributed by atoms with Crippen LogP contribution in [0.5, 0.6) is 0 Å². The molecule has 150 valence electrons. The molecule has 2 heterocycles. The van der Waals surface area contributed by atoms with E-state index in [4.69, 9.17) is 0 Å². The minimum absolute atomic E-state index is 0.0124. The third-order valence-electron chi connectivity index (χ3n) is 5.07. The number of unbranched alkanes of at least 4 members (excludes halogenated alkanes) is 3. The summed E-state index contributed by atoms with van der Waals surface area (Å²) < 4.78 is 0. The first-order valence-corrected chi connectivity index (χ1v) is 11.2. The average molecular weight is 400 g/mol. The highest BCUT2D eigenvalue weighted by atomic mass is 32.1. The van der Waals surface area contributed by atoms with E-state index in [2.05, 4.69) is 10.3 Å². The fourth-order valence-electron chi connectivity index (χ4n) is 3.47. The summed E-state index contributed by atoms with van der Waals surface area (Å²) in [6.45, 7) is 1.86. The molecule has 0 aliphatic carbocycles. The van der Waals surface area contributed by atoms with Gasteiger partial charge in [-0.1, -0.05) is 43.2 Å². The second kappa shape index (κ2) is 11.0. The number of hydrogen-bond donors (Lipinski definition) is 1. The largest absolute Gasteiger partial charge is 0.343 e. The Kier molecular flexibility index (Phi) is 8.03. The molecule has 1 saturated heterocycles. The minimum Gasteiger partial charge on any atom is -0.343 e. The van der Waals surface area contributed by atoms with Crippen LogP contribution in [0.2, 0.25) is 0 Å². The Bertz CT molecular complexity index is 754. The van der Waals surface area contributed by atoms with Crippen LogP contribution in [0, 0.1) is 0 Å². The number of hydrogen-bond acceptors (Lipinski definition) is 4. The highest BCUT2D eigenvalue weighted by molar-refractivity contribution is 7.14. The maximum Gasteiger partial charge on any atom is 0.226 e. The zero-order valence-electron chi connectivity index (χ0n) is 16.4. The summed E-state index contributed by atoms with van der Waals surface area (Å²) >= 11 is 1.45. The maximum atomic E-state index is 12.1. The van der Waals surface area contributed by atoms with Gasteiger partial charge in [0.05, 0.1) is 5.69 Å². The van der Waals surface area contributed by atoms with Gasteiger partial charge in [0.15, 0.2) is 5.13 Å². The Morgan fingerprint density at radius 1 is 0.964 bits per heavy atom. The van der Waals surface area contributed by atoms with Gasteiger partial charge in [-0.3, -0.25) is 9.59 Å². The number of piperidine rings is 1. The van der Waals surface area contributed by atoms with E-state index in [1.807, 2.05) is 40.6 Å². The van der Waals surface area contributed by atoms with Crippen molar-refractivity contribution in [2.24, 2.45) is 0 Å². The van der Waals surface area contributed by atoms with Crippen LogP contribution in [0.4, 0.5) is 5.13 Å². The SMILES string of the molecule is O=C(CCCCCCC(=O)N1CCCCC1)Nc1nc(-c2ccccc2)cs1. The van der Waals surface area contributed by atoms with Gasteiger partial charge in [-0.05, 0) is 32.1 Å². The van der Waals surface area contributed by atoms with Crippen LogP contribution in [0.3, 0.4) is 0 Å². The number of benzene rings is 1. The second-order valence-corrected chi connectivity index (χ2v) is 8.17. The first kappa shape index (κ1) is 20.5. The molecule has 3 rings (SSSR count). The molecule has 6 heteroatoms. The van der Waals surface area contributed by atoms with Gasteiger partial charge in [0.2, 0.25) is 11.8 Å². The predicted octanol–water partition coefficient (Wildman–Crippen LogP) is 5.10. The van der Waals surface area contributed by atoms with Crippen molar-refractivity contribution >= 4 is 28.3 Å². The molecule has 0 spiro atoms. The van der Waals surface area contributed by atoms with Crippen LogP contribution in [0.15, 0.2) is 35.7 Å². The second-order valence-electron chi connectivity index (χ2n) is 7.31. The summed E-state index contributed by atoms with van der Waals surface area (Å²) in [5.74, 6) is 0.314. The van der Waals surface area contributed by atoms with Gasteiger partial charge >= 0.3 is 0 Å². The molecule has 0 unspecified atom stereocenters. The number of carbonyl (C=O) groups excluding carboxylic acids is 2. The number of nitrogens with one attached hydrogen (secondary N) is 1. The lowest BCUT2D eigenvalue weighted by Gasteiger charge is -2.26. The van der Waals surface area contributed by atoms with Gasteiger partial charge in [-0.15, -0.1) is 11.3 Å². The molecule has 1 aliphatic rings. The molecule has 2 aromatic rings. The lowest BCUT2D eigenvalue weighted by Crippen LogP contribution is -2.35. The van der Waals surface area contributed by atoms with Crippen LogP contribution in [-0.4, -0.2) is 34.8 Å². The third-order valence-corrected chi connectivity index (χ3v) is 5.83. The van der Waals surface area contributed by atoms with E-state index < -0.39 is 0 Å². The van der Waals surface area contributed by atoms with Gasteiger partial charge in [0, 0.05) is 36.9 Å². The summed E-state index contributed by atoms with van der Waals surface area (Å²) in [4.78, 5) is 30.7. The molecule has 0 radical (unpaired) electrons. The van der Waals surface area contributed by atoms with Gasteiger partial charge in [-0.25, -0.2) is 4.98 Å². The molecular formula is C22H29N3O2S. The number of nitrogens with zero attached hydrogens (tertiary/aromatic N) is 2. The standard InChI is InChI=1S/C22H29N3O2S/c26-20(24-22-23-19(17-28-22)18-11-5-3-6-12-18)13-7-1-2-8-14-21(27)25-15-9-4-10-16-25/h3,5-6,11-12,17H,1-2,4,7-10,13-16H2,(H,23,24,26). The lowest BCUT2D eigenvalue weighted by molar-refractivity contribution is -0.132. The van der Waals surface area contributed by atoms with Crippen molar-refractivity contribution in [3.63, 3.8) is 0 Å². The maximum absolute atomic E-state index is 12.1. The zero-order valence-corrected chi connectivity index (χ0v) is 17.2. The lowest BCUT2D eigenvalue weighted by atomic mass is 10.1. The van der Waals surface area contributed by atoms with E-state index in [0.717, 1.165) is 62.9 Å². The Morgan fingerprint density at radius 2 is 1.68 bits per heavy atom. The number of anilines is 1. The van der Waals surface area contributed by atoms with Crippen LogP contribution >= 0.6 is 11.3 Å². The average Bonchev–Trinajstić information content (AvgIpc) is 3.20. The highest BCUT2D eigenvalue weighted by Crippen LogP contribution is 2.24. The molecule has 2 amide bonds. The molecule has 1 aromatic carbocycles. The number of aromatic nitrogens is 1. The Morgan fingerprint density at radius 3 is 2.43 bits per heavy atom.